The molecule has 5 heteroatoms. The maximum atomic E-state index is 12.7. The van der Waals surface area contributed by atoms with E-state index in [1.165, 1.54) is 11.3 Å². The Bertz CT molecular complexity index is 730. The number of rotatable bonds is 4. The van der Waals surface area contributed by atoms with Crippen LogP contribution in [-0.4, -0.2) is 42.2 Å². The van der Waals surface area contributed by atoms with Crippen LogP contribution in [0.3, 0.4) is 0 Å². The zero-order valence-corrected chi connectivity index (χ0v) is 16.2. The lowest BCUT2D eigenvalue weighted by molar-refractivity contribution is -0.130. The van der Waals surface area contributed by atoms with Gasteiger partial charge in [-0.05, 0) is 43.7 Å². The minimum absolute atomic E-state index is 0.0677. The fourth-order valence-corrected chi connectivity index (χ4v) is 4.24. The van der Waals surface area contributed by atoms with Crippen molar-refractivity contribution in [3.63, 3.8) is 0 Å². The van der Waals surface area contributed by atoms with Crippen LogP contribution in [0.2, 0.25) is 5.02 Å². The fourth-order valence-electron chi connectivity index (χ4n) is 3.10. The normalized spacial score (nSPS) is 16.0. The summed E-state index contributed by atoms with van der Waals surface area (Å²) in [5.41, 5.74) is 2.39. The van der Waals surface area contributed by atoms with Crippen LogP contribution < -0.4 is 4.90 Å². The number of halogens is 1. The first-order chi connectivity index (χ1) is 12.0. The minimum Gasteiger partial charge on any atom is -0.368 e. The number of piperazine rings is 1. The van der Waals surface area contributed by atoms with Crippen molar-refractivity contribution >= 4 is 35.0 Å². The molecule has 2 aromatic rings. The zero-order chi connectivity index (χ0) is 17.8. The number of carbonyl (C=O) groups is 1. The van der Waals surface area contributed by atoms with Crippen LogP contribution in [0.4, 0.5) is 5.69 Å². The van der Waals surface area contributed by atoms with Gasteiger partial charge < -0.3 is 9.80 Å². The first-order valence-corrected chi connectivity index (χ1v) is 9.82. The number of hydrogen-bond acceptors (Lipinski definition) is 3. The molecule has 3 nitrogen and oxygen atoms in total. The van der Waals surface area contributed by atoms with E-state index >= 15 is 0 Å². The summed E-state index contributed by atoms with van der Waals surface area (Å²) >= 11 is 7.76. The van der Waals surface area contributed by atoms with Crippen molar-refractivity contribution < 1.29 is 4.79 Å². The molecule has 0 N–H and O–H groups in total. The van der Waals surface area contributed by atoms with Gasteiger partial charge in [-0.2, -0.15) is 0 Å². The molecule has 25 heavy (non-hydrogen) atoms. The summed E-state index contributed by atoms with van der Waals surface area (Å²) < 4.78 is 0. The number of anilines is 1. The number of thioether (sulfide) groups is 1. The van der Waals surface area contributed by atoms with Crippen molar-refractivity contribution in [1.29, 1.82) is 0 Å². The van der Waals surface area contributed by atoms with E-state index in [0.29, 0.717) is 0 Å². The Morgan fingerprint density at radius 1 is 1.08 bits per heavy atom. The Labute approximate surface area is 159 Å². The minimum atomic E-state index is -0.0677. The third-order valence-corrected chi connectivity index (χ3v) is 5.84. The van der Waals surface area contributed by atoms with Crippen LogP contribution >= 0.6 is 23.4 Å². The Hall–Kier alpha value is -1.65. The van der Waals surface area contributed by atoms with E-state index in [9.17, 15) is 4.79 Å². The van der Waals surface area contributed by atoms with E-state index in [2.05, 4.69) is 11.8 Å². The van der Waals surface area contributed by atoms with Crippen molar-refractivity contribution in [3.05, 3.63) is 59.1 Å². The molecule has 3 rings (SSSR count). The predicted molar refractivity (Wildman–Crippen MR) is 107 cm³/mol. The molecule has 0 saturated carbocycles. The molecule has 1 fully saturated rings. The van der Waals surface area contributed by atoms with Gasteiger partial charge in [0.15, 0.2) is 0 Å². The van der Waals surface area contributed by atoms with Gasteiger partial charge in [0.05, 0.1) is 5.25 Å². The first kappa shape index (κ1) is 18.2. The van der Waals surface area contributed by atoms with Crippen LogP contribution in [-0.2, 0) is 4.79 Å². The Balaban J connectivity index is 1.58. The van der Waals surface area contributed by atoms with Gasteiger partial charge in [0.25, 0.3) is 0 Å². The molecule has 1 aliphatic heterocycles. The average molecular weight is 375 g/mol. The number of benzene rings is 2. The lowest BCUT2D eigenvalue weighted by Gasteiger charge is -2.37. The van der Waals surface area contributed by atoms with Gasteiger partial charge in [-0.15, -0.1) is 11.8 Å². The van der Waals surface area contributed by atoms with Crippen LogP contribution in [0, 0.1) is 6.92 Å². The number of nitrogens with zero attached hydrogens (tertiary/aromatic N) is 2. The molecular formula is C20H23ClN2OS. The molecule has 1 saturated heterocycles. The standard InChI is InChI=1S/C20H23ClN2OS/c1-15-8-9-17(21)14-19(15)22-10-12-23(13-11-22)20(24)16(2)25-18-6-4-3-5-7-18/h3-9,14,16H,10-13H2,1-2H3/t16-/m1/s1. The first-order valence-electron chi connectivity index (χ1n) is 8.56. The molecular weight excluding hydrogens is 352 g/mol. The predicted octanol–water partition coefficient (Wildman–Crippen LogP) is 4.48. The topological polar surface area (TPSA) is 23.6 Å². The van der Waals surface area contributed by atoms with Gasteiger partial charge in [0.1, 0.15) is 0 Å². The highest BCUT2D eigenvalue weighted by Gasteiger charge is 2.26. The molecule has 2 aromatic carbocycles. The smallest absolute Gasteiger partial charge is 0.235 e. The quantitative estimate of drug-likeness (QED) is 0.737. The SMILES string of the molecule is Cc1ccc(Cl)cc1N1CCN(C(=O)[C@@H](C)Sc2ccccc2)CC1. The molecule has 1 heterocycles. The summed E-state index contributed by atoms with van der Waals surface area (Å²) in [6.07, 6.45) is 0. The van der Waals surface area contributed by atoms with E-state index in [1.54, 1.807) is 11.8 Å². The van der Waals surface area contributed by atoms with Gasteiger partial charge in [-0.25, -0.2) is 0 Å². The zero-order valence-electron chi connectivity index (χ0n) is 14.6. The highest BCUT2D eigenvalue weighted by Crippen LogP contribution is 2.27. The molecule has 132 valence electrons. The molecule has 0 radical (unpaired) electrons. The second-order valence-electron chi connectivity index (χ2n) is 6.32. The van der Waals surface area contributed by atoms with Gasteiger partial charge in [0, 0.05) is 41.8 Å². The molecule has 1 atom stereocenters. The van der Waals surface area contributed by atoms with E-state index in [0.717, 1.165) is 36.1 Å². The summed E-state index contributed by atoms with van der Waals surface area (Å²) in [6.45, 7) is 7.29. The van der Waals surface area contributed by atoms with Crippen molar-refractivity contribution in [2.75, 3.05) is 31.1 Å². The largest absolute Gasteiger partial charge is 0.368 e. The van der Waals surface area contributed by atoms with E-state index < -0.39 is 0 Å². The molecule has 0 unspecified atom stereocenters. The van der Waals surface area contributed by atoms with Crippen molar-refractivity contribution in [3.8, 4) is 0 Å². The number of hydrogen-bond donors (Lipinski definition) is 0. The fraction of sp³-hybridized carbons (Fsp3) is 0.350. The Morgan fingerprint density at radius 3 is 2.44 bits per heavy atom. The van der Waals surface area contributed by atoms with Gasteiger partial charge in [0.2, 0.25) is 5.91 Å². The summed E-state index contributed by atoms with van der Waals surface area (Å²) in [5.74, 6) is 0.219. The van der Waals surface area contributed by atoms with E-state index in [-0.39, 0.29) is 11.2 Å². The maximum Gasteiger partial charge on any atom is 0.235 e. The van der Waals surface area contributed by atoms with Crippen molar-refractivity contribution in [2.45, 2.75) is 24.0 Å². The molecule has 1 aliphatic rings. The molecule has 0 spiro atoms. The average Bonchev–Trinajstić information content (AvgIpc) is 2.64. The summed E-state index contributed by atoms with van der Waals surface area (Å²) in [5, 5.41) is 0.689. The van der Waals surface area contributed by atoms with Gasteiger partial charge in [-0.1, -0.05) is 35.9 Å². The lowest BCUT2D eigenvalue weighted by Crippen LogP contribution is -2.50. The molecule has 0 aliphatic carbocycles. The Kier molecular flexibility index (Phi) is 5.92. The van der Waals surface area contributed by atoms with E-state index in [1.807, 2.05) is 60.4 Å². The van der Waals surface area contributed by atoms with Crippen LogP contribution in [0.5, 0.6) is 0 Å². The lowest BCUT2D eigenvalue weighted by atomic mass is 10.1. The van der Waals surface area contributed by atoms with Crippen LogP contribution in [0.1, 0.15) is 12.5 Å². The number of amides is 1. The van der Waals surface area contributed by atoms with Crippen molar-refractivity contribution in [1.82, 2.24) is 4.90 Å². The highest BCUT2D eigenvalue weighted by atomic mass is 35.5. The second-order valence-corrected chi connectivity index (χ2v) is 8.17. The Morgan fingerprint density at radius 2 is 1.76 bits per heavy atom. The monoisotopic (exact) mass is 374 g/mol. The highest BCUT2D eigenvalue weighted by molar-refractivity contribution is 8.00. The summed E-state index contributed by atoms with van der Waals surface area (Å²) in [6, 6.07) is 16.1. The van der Waals surface area contributed by atoms with E-state index in [4.69, 9.17) is 11.6 Å². The molecule has 0 bridgehead atoms. The van der Waals surface area contributed by atoms with Crippen LogP contribution in [0.25, 0.3) is 0 Å². The maximum absolute atomic E-state index is 12.7. The molecule has 1 amide bonds. The number of aryl methyl sites for hydroxylation is 1. The van der Waals surface area contributed by atoms with Gasteiger partial charge in [-0.3, -0.25) is 4.79 Å². The molecule has 0 aromatic heterocycles. The number of carbonyl (C=O) groups excluding carboxylic acids is 1. The summed E-state index contributed by atoms with van der Waals surface area (Å²) in [4.78, 5) is 18.2. The van der Waals surface area contributed by atoms with Crippen LogP contribution in [0.15, 0.2) is 53.4 Å². The van der Waals surface area contributed by atoms with Gasteiger partial charge >= 0.3 is 0 Å². The third kappa shape index (κ3) is 4.50. The third-order valence-electron chi connectivity index (χ3n) is 4.51. The second kappa shape index (κ2) is 8.15. The summed E-state index contributed by atoms with van der Waals surface area (Å²) in [7, 11) is 0. The van der Waals surface area contributed by atoms with Crippen molar-refractivity contribution in [2.24, 2.45) is 0 Å².